The van der Waals surface area contributed by atoms with Gasteiger partial charge in [-0.05, 0) is 44.4 Å². The topological polar surface area (TPSA) is 63.6 Å². The molecule has 0 heterocycles. The van der Waals surface area contributed by atoms with Crippen molar-refractivity contribution >= 4 is 11.9 Å². The Balaban J connectivity index is 2.06. The Kier molecular flexibility index (Phi) is 9.11. The summed E-state index contributed by atoms with van der Waals surface area (Å²) in [7, 11) is 0. The number of esters is 1. The smallest absolute Gasteiger partial charge is 0.306 e. The van der Waals surface area contributed by atoms with E-state index in [1.807, 2.05) is 0 Å². The fourth-order valence-corrected chi connectivity index (χ4v) is 3.01. The van der Waals surface area contributed by atoms with E-state index in [4.69, 9.17) is 9.84 Å². The molecule has 0 aromatic rings. The van der Waals surface area contributed by atoms with Gasteiger partial charge in [-0.25, -0.2) is 0 Å². The van der Waals surface area contributed by atoms with Crippen molar-refractivity contribution in [2.45, 2.75) is 90.1 Å². The molecule has 0 amide bonds. The number of unbranched alkanes of at least 4 members (excludes halogenated alkanes) is 3. The molecule has 0 bridgehead atoms. The highest BCUT2D eigenvalue weighted by atomic mass is 16.5. The van der Waals surface area contributed by atoms with E-state index >= 15 is 0 Å². The van der Waals surface area contributed by atoms with Crippen molar-refractivity contribution in [3.05, 3.63) is 0 Å². The third-order valence-electron chi connectivity index (χ3n) is 4.33. The molecule has 122 valence electrons. The molecule has 1 fully saturated rings. The lowest BCUT2D eigenvalue weighted by Gasteiger charge is -2.28. The molecule has 1 aliphatic rings. The predicted octanol–water partition coefficient (Wildman–Crippen LogP) is 4.31. The van der Waals surface area contributed by atoms with Crippen molar-refractivity contribution < 1.29 is 19.4 Å². The molecule has 0 radical (unpaired) electrons. The molecular weight excluding hydrogens is 268 g/mol. The highest BCUT2D eigenvalue weighted by Crippen LogP contribution is 2.30. The maximum absolute atomic E-state index is 11.7. The Bertz CT molecular complexity index is 306. The molecule has 1 aliphatic carbocycles. The van der Waals surface area contributed by atoms with Gasteiger partial charge in [0.25, 0.3) is 0 Å². The number of hydrogen-bond donors (Lipinski definition) is 1. The summed E-state index contributed by atoms with van der Waals surface area (Å²) in [5.41, 5.74) is 0. The predicted molar refractivity (Wildman–Crippen MR) is 82.1 cm³/mol. The fraction of sp³-hybridized carbons (Fsp3) is 0.882. The van der Waals surface area contributed by atoms with Gasteiger partial charge in [-0.3, -0.25) is 9.59 Å². The molecule has 21 heavy (non-hydrogen) atoms. The van der Waals surface area contributed by atoms with Crippen LogP contribution >= 0.6 is 0 Å². The van der Waals surface area contributed by atoms with E-state index in [-0.39, 0.29) is 18.5 Å². The first-order valence-electron chi connectivity index (χ1n) is 8.53. The maximum atomic E-state index is 11.7. The van der Waals surface area contributed by atoms with Crippen LogP contribution in [0, 0.1) is 5.92 Å². The van der Waals surface area contributed by atoms with Crippen LogP contribution in [0.4, 0.5) is 0 Å². The molecule has 4 heteroatoms. The Labute approximate surface area is 128 Å². The van der Waals surface area contributed by atoms with Crippen molar-refractivity contribution in [2.75, 3.05) is 0 Å². The molecule has 0 saturated heterocycles. The molecule has 0 spiro atoms. The van der Waals surface area contributed by atoms with E-state index < -0.39 is 5.97 Å². The first kappa shape index (κ1) is 18.0. The maximum Gasteiger partial charge on any atom is 0.306 e. The van der Waals surface area contributed by atoms with Gasteiger partial charge in [0.1, 0.15) is 6.10 Å². The van der Waals surface area contributed by atoms with E-state index in [0.717, 1.165) is 18.8 Å². The summed E-state index contributed by atoms with van der Waals surface area (Å²) in [5.74, 6) is -0.137. The summed E-state index contributed by atoms with van der Waals surface area (Å²) in [4.78, 5) is 22.0. The lowest BCUT2D eigenvalue weighted by atomic mass is 9.84. The second kappa shape index (κ2) is 10.6. The number of carbonyl (C=O) groups excluding carboxylic acids is 1. The van der Waals surface area contributed by atoms with E-state index in [0.29, 0.717) is 19.3 Å². The molecule has 1 saturated carbocycles. The number of rotatable bonds is 10. The van der Waals surface area contributed by atoms with Gasteiger partial charge in [0, 0.05) is 12.8 Å². The van der Waals surface area contributed by atoms with Crippen molar-refractivity contribution in [3.63, 3.8) is 0 Å². The van der Waals surface area contributed by atoms with Gasteiger partial charge < -0.3 is 9.84 Å². The average molecular weight is 298 g/mol. The van der Waals surface area contributed by atoms with E-state index in [1.54, 1.807) is 0 Å². The molecule has 0 aromatic heterocycles. The monoisotopic (exact) mass is 298 g/mol. The Morgan fingerprint density at radius 3 is 2.29 bits per heavy atom. The Hall–Kier alpha value is -1.06. The van der Waals surface area contributed by atoms with Crippen LogP contribution < -0.4 is 0 Å². The van der Waals surface area contributed by atoms with Gasteiger partial charge in [0.2, 0.25) is 0 Å². The highest BCUT2D eigenvalue weighted by molar-refractivity contribution is 5.70. The number of hydrogen-bond acceptors (Lipinski definition) is 3. The minimum Gasteiger partial charge on any atom is -0.481 e. The third kappa shape index (κ3) is 8.74. The summed E-state index contributed by atoms with van der Waals surface area (Å²) in [6, 6.07) is 0. The van der Waals surface area contributed by atoms with Gasteiger partial charge >= 0.3 is 11.9 Å². The van der Waals surface area contributed by atoms with Gasteiger partial charge in [-0.1, -0.05) is 32.6 Å². The molecular formula is C17H30O4. The zero-order valence-electron chi connectivity index (χ0n) is 13.3. The average Bonchev–Trinajstić information content (AvgIpc) is 2.45. The minimum atomic E-state index is -0.801. The number of carboxylic acids is 1. The largest absolute Gasteiger partial charge is 0.481 e. The summed E-state index contributed by atoms with van der Waals surface area (Å²) >= 11 is 0. The van der Waals surface area contributed by atoms with E-state index in [2.05, 4.69) is 6.92 Å². The standard InChI is InChI=1S/C17H30O4/c1-2-3-4-7-14-10-12-15(13-11-14)21-17(20)9-6-5-8-16(18)19/h14-15H,2-13H2,1H3,(H,18,19). The molecule has 0 aromatic carbocycles. The fourth-order valence-electron chi connectivity index (χ4n) is 3.01. The van der Waals surface area contributed by atoms with Crippen LogP contribution in [-0.2, 0) is 14.3 Å². The second-order valence-corrected chi connectivity index (χ2v) is 6.23. The SMILES string of the molecule is CCCCCC1CCC(OC(=O)CCCCC(=O)O)CC1. The van der Waals surface area contributed by atoms with Crippen LogP contribution in [0.15, 0.2) is 0 Å². The zero-order chi connectivity index (χ0) is 15.5. The molecule has 0 aliphatic heterocycles. The lowest BCUT2D eigenvalue weighted by molar-refractivity contribution is -0.151. The van der Waals surface area contributed by atoms with Gasteiger partial charge in [-0.2, -0.15) is 0 Å². The number of aliphatic carboxylic acids is 1. The van der Waals surface area contributed by atoms with Crippen molar-refractivity contribution in [2.24, 2.45) is 5.92 Å². The first-order valence-corrected chi connectivity index (χ1v) is 8.53. The molecule has 0 atom stereocenters. The van der Waals surface area contributed by atoms with Crippen molar-refractivity contribution in [1.29, 1.82) is 0 Å². The number of carbonyl (C=O) groups is 2. The summed E-state index contributed by atoms with van der Waals surface area (Å²) in [5, 5.41) is 8.53. The van der Waals surface area contributed by atoms with Gasteiger partial charge in [0.05, 0.1) is 0 Å². The van der Waals surface area contributed by atoms with Crippen molar-refractivity contribution in [1.82, 2.24) is 0 Å². The zero-order valence-corrected chi connectivity index (χ0v) is 13.3. The molecule has 1 rings (SSSR count). The van der Waals surface area contributed by atoms with Crippen molar-refractivity contribution in [3.8, 4) is 0 Å². The molecule has 0 unspecified atom stereocenters. The normalized spacial score (nSPS) is 22.0. The third-order valence-corrected chi connectivity index (χ3v) is 4.33. The van der Waals surface area contributed by atoms with Gasteiger partial charge in [-0.15, -0.1) is 0 Å². The van der Waals surface area contributed by atoms with Crippen LogP contribution in [0.25, 0.3) is 0 Å². The Morgan fingerprint density at radius 2 is 1.67 bits per heavy atom. The van der Waals surface area contributed by atoms with E-state index in [1.165, 1.54) is 38.5 Å². The quantitative estimate of drug-likeness (QED) is 0.482. The van der Waals surface area contributed by atoms with Crippen LogP contribution in [0.2, 0.25) is 0 Å². The summed E-state index contributed by atoms with van der Waals surface area (Å²) < 4.78 is 5.49. The number of carboxylic acid groups (broad SMARTS) is 1. The van der Waals surface area contributed by atoms with Crippen LogP contribution in [0.3, 0.4) is 0 Å². The van der Waals surface area contributed by atoms with Gasteiger partial charge in [0.15, 0.2) is 0 Å². The number of ether oxygens (including phenoxy) is 1. The summed E-state index contributed by atoms with van der Waals surface area (Å²) in [6.45, 7) is 2.23. The van der Waals surface area contributed by atoms with Crippen LogP contribution in [-0.4, -0.2) is 23.1 Å². The molecule has 1 N–H and O–H groups in total. The highest BCUT2D eigenvalue weighted by Gasteiger charge is 2.23. The first-order chi connectivity index (χ1) is 10.1. The second-order valence-electron chi connectivity index (χ2n) is 6.23. The van der Waals surface area contributed by atoms with E-state index in [9.17, 15) is 9.59 Å². The minimum absolute atomic E-state index is 0.0967. The molecule has 4 nitrogen and oxygen atoms in total. The van der Waals surface area contributed by atoms with Crippen LogP contribution in [0.5, 0.6) is 0 Å². The lowest BCUT2D eigenvalue weighted by Crippen LogP contribution is -2.24. The summed E-state index contributed by atoms with van der Waals surface area (Å²) in [6.07, 6.45) is 11.3. The van der Waals surface area contributed by atoms with Crippen LogP contribution in [0.1, 0.15) is 84.0 Å². The Morgan fingerprint density at radius 1 is 1.00 bits per heavy atom.